The first-order valence-electron chi connectivity index (χ1n) is 4.84. The molecule has 1 aliphatic rings. The van der Waals surface area contributed by atoms with Crippen LogP contribution in [0.1, 0.15) is 6.42 Å². The minimum atomic E-state index is -0.414. The van der Waals surface area contributed by atoms with Crippen molar-refractivity contribution in [3.8, 4) is 0 Å². The zero-order valence-corrected chi connectivity index (χ0v) is 8.17. The van der Waals surface area contributed by atoms with Crippen molar-refractivity contribution >= 4 is 11.4 Å². The Hall–Kier alpha value is -1.62. The molecular formula is C10H12N2O3. The van der Waals surface area contributed by atoms with E-state index in [1.54, 1.807) is 12.1 Å². The second-order valence-electron chi connectivity index (χ2n) is 3.66. The first kappa shape index (κ1) is 9.92. The monoisotopic (exact) mass is 208 g/mol. The molecule has 0 saturated carbocycles. The lowest BCUT2D eigenvalue weighted by Crippen LogP contribution is -2.20. The van der Waals surface area contributed by atoms with E-state index >= 15 is 0 Å². The summed E-state index contributed by atoms with van der Waals surface area (Å²) >= 11 is 0. The van der Waals surface area contributed by atoms with Gasteiger partial charge in [-0.3, -0.25) is 10.1 Å². The molecule has 0 unspecified atom stereocenters. The molecule has 1 atom stereocenters. The van der Waals surface area contributed by atoms with Gasteiger partial charge in [-0.1, -0.05) is 0 Å². The van der Waals surface area contributed by atoms with Crippen molar-refractivity contribution in [3.05, 3.63) is 34.4 Å². The lowest BCUT2D eigenvalue weighted by Gasteiger charge is -2.17. The summed E-state index contributed by atoms with van der Waals surface area (Å²) in [6.45, 7) is 1.41. The highest BCUT2D eigenvalue weighted by molar-refractivity contribution is 5.51. The third-order valence-corrected chi connectivity index (χ3v) is 2.59. The second kappa shape index (κ2) is 3.86. The second-order valence-corrected chi connectivity index (χ2v) is 3.66. The minimum absolute atomic E-state index is 0.0958. The summed E-state index contributed by atoms with van der Waals surface area (Å²) in [4.78, 5) is 12.0. The number of nitrogens with zero attached hydrogens (tertiary/aromatic N) is 2. The minimum Gasteiger partial charge on any atom is -0.391 e. The van der Waals surface area contributed by atoms with Gasteiger partial charge in [-0.25, -0.2) is 0 Å². The number of hydrogen-bond acceptors (Lipinski definition) is 4. The number of aliphatic hydroxyl groups is 1. The van der Waals surface area contributed by atoms with Gasteiger partial charge in [-0.15, -0.1) is 0 Å². The maximum Gasteiger partial charge on any atom is 0.269 e. The SMILES string of the molecule is O=[N+]([O-])c1ccc(N2CC[C@H](O)C2)cc1. The summed E-state index contributed by atoms with van der Waals surface area (Å²) < 4.78 is 0. The average Bonchev–Trinajstić information content (AvgIpc) is 2.65. The van der Waals surface area contributed by atoms with Crippen LogP contribution >= 0.6 is 0 Å². The molecule has 1 fully saturated rings. The molecule has 0 bridgehead atoms. The number of nitro benzene ring substituents is 1. The van der Waals surface area contributed by atoms with Gasteiger partial charge in [0.15, 0.2) is 0 Å². The summed E-state index contributed by atoms with van der Waals surface area (Å²) in [5, 5.41) is 19.8. The Morgan fingerprint density at radius 2 is 2.07 bits per heavy atom. The molecule has 5 heteroatoms. The Morgan fingerprint density at radius 3 is 2.53 bits per heavy atom. The Balaban J connectivity index is 2.13. The summed E-state index contributed by atoms with van der Waals surface area (Å²) in [5.74, 6) is 0. The van der Waals surface area contributed by atoms with E-state index in [9.17, 15) is 15.2 Å². The van der Waals surface area contributed by atoms with E-state index in [0.717, 1.165) is 18.7 Å². The van der Waals surface area contributed by atoms with Crippen LogP contribution in [0, 0.1) is 10.1 Å². The van der Waals surface area contributed by atoms with E-state index < -0.39 is 4.92 Å². The normalized spacial score (nSPS) is 20.6. The Kier molecular flexibility index (Phi) is 2.55. The van der Waals surface area contributed by atoms with E-state index in [1.807, 2.05) is 4.90 Å². The summed E-state index contributed by atoms with van der Waals surface area (Å²) in [6, 6.07) is 6.41. The summed E-state index contributed by atoms with van der Waals surface area (Å²) in [5.41, 5.74) is 1.02. The highest BCUT2D eigenvalue weighted by Gasteiger charge is 2.20. The number of nitro groups is 1. The number of β-amino-alcohol motifs (C(OH)–C–C–N with tert-alkyl or cyclic N) is 1. The van der Waals surface area contributed by atoms with Crippen LogP contribution in [-0.2, 0) is 0 Å². The van der Waals surface area contributed by atoms with Crippen molar-refractivity contribution in [2.45, 2.75) is 12.5 Å². The van der Waals surface area contributed by atoms with Crippen LogP contribution in [-0.4, -0.2) is 29.2 Å². The molecule has 1 saturated heterocycles. The third-order valence-electron chi connectivity index (χ3n) is 2.59. The smallest absolute Gasteiger partial charge is 0.269 e. The predicted molar refractivity (Wildman–Crippen MR) is 55.9 cm³/mol. The van der Waals surface area contributed by atoms with E-state index in [2.05, 4.69) is 0 Å². The van der Waals surface area contributed by atoms with Gasteiger partial charge >= 0.3 is 0 Å². The van der Waals surface area contributed by atoms with Gasteiger partial charge in [0.05, 0.1) is 11.0 Å². The summed E-state index contributed by atoms with van der Waals surface area (Å²) in [6.07, 6.45) is 0.483. The molecule has 0 amide bonds. The summed E-state index contributed by atoms with van der Waals surface area (Å²) in [7, 11) is 0. The molecule has 80 valence electrons. The van der Waals surface area contributed by atoms with Crippen LogP contribution in [0.5, 0.6) is 0 Å². The zero-order chi connectivity index (χ0) is 10.8. The fourth-order valence-electron chi connectivity index (χ4n) is 1.76. The number of anilines is 1. The molecule has 15 heavy (non-hydrogen) atoms. The molecule has 2 rings (SSSR count). The predicted octanol–water partition coefficient (Wildman–Crippen LogP) is 1.17. The van der Waals surface area contributed by atoms with Crippen molar-refractivity contribution in [3.63, 3.8) is 0 Å². The van der Waals surface area contributed by atoms with Gasteiger partial charge in [0.25, 0.3) is 5.69 Å². The van der Waals surface area contributed by atoms with Crippen LogP contribution in [0.4, 0.5) is 11.4 Å². The van der Waals surface area contributed by atoms with Gasteiger partial charge in [-0.05, 0) is 18.6 Å². The quantitative estimate of drug-likeness (QED) is 0.585. The van der Waals surface area contributed by atoms with Crippen LogP contribution in [0.2, 0.25) is 0 Å². The first-order chi connectivity index (χ1) is 7.16. The number of hydrogen-bond donors (Lipinski definition) is 1. The first-order valence-corrected chi connectivity index (χ1v) is 4.84. The van der Waals surface area contributed by atoms with Crippen molar-refractivity contribution in [2.24, 2.45) is 0 Å². The fourth-order valence-corrected chi connectivity index (χ4v) is 1.76. The maximum atomic E-state index is 10.4. The lowest BCUT2D eigenvalue weighted by atomic mass is 10.2. The van der Waals surface area contributed by atoms with E-state index in [-0.39, 0.29) is 11.8 Å². The van der Waals surface area contributed by atoms with Crippen LogP contribution in [0.25, 0.3) is 0 Å². The van der Waals surface area contributed by atoms with Crippen molar-refractivity contribution in [2.75, 3.05) is 18.0 Å². The topological polar surface area (TPSA) is 66.6 Å². The number of non-ortho nitro benzene ring substituents is 1. The van der Waals surface area contributed by atoms with E-state index in [1.165, 1.54) is 12.1 Å². The average molecular weight is 208 g/mol. The van der Waals surface area contributed by atoms with Gasteiger partial charge in [0.2, 0.25) is 0 Å². The molecule has 0 radical (unpaired) electrons. The molecule has 0 aromatic heterocycles. The molecule has 0 spiro atoms. The molecule has 5 nitrogen and oxygen atoms in total. The van der Waals surface area contributed by atoms with E-state index in [0.29, 0.717) is 6.54 Å². The molecular weight excluding hydrogens is 196 g/mol. The molecule has 1 heterocycles. The van der Waals surface area contributed by atoms with Crippen LogP contribution in [0.3, 0.4) is 0 Å². The molecule has 1 aromatic rings. The third kappa shape index (κ3) is 2.07. The largest absolute Gasteiger partial charge is 0.391 e. The van der Waals surface area contributed by atoms with Crippen molar-refractivity contribution < 1.29 is 10.0 Å². The zero-order valence-electron chi connectivity index (χ0n) is 8.17. The van der Waals surface area contributed by atoms with E-state index in [4.69, 9.17) is 0 Å². The Morgan fingerprint density at radius 1 is 1.40 bits per heavy atom. The Bertz CT molecular complexity index is 363. The number of aliphatic hydroxyl groups excluding tert-OH is 1. The molecule has 1 aromatic carbocycles. The molecule has 1 aliphatic heterocycles. The fraction of sp³-hybridized carbons (Fsp3) is 0.400. The van der Waals surface area contributed by atoms with Crippen LogP contribution < -0.4 is 4.90 Å². The highest BCUT2D eigenvalue weighted by atomic mass is 16.6. The highest BCUT2D eigenvalue weighted by Crippen LogP contribution is 2.22. The molecule has 1 N–H and O–H groups in total. The Labute approximate surface area is 87.1 Å². The van der Waals surface area contributed by atoms with Crippen molar-refractivity contribution in [1.29, 1.82) is 0 Å². The lowest BCUT2D eigenvalue weighted by molar-refractivity contribution is -0.384. The van der Waals surface area contributed by atoms with Gasteiger partial charge in [0.1, 0.15) is 0 Å². The number of rotatable bonds is 2. The molecule has 0 aliphatic carbocycles. The van der Waals surface area contributed by atoms with Gasteiger partial charge in [-0.2, -0.15) is 0 Å². The maximum absolute atomic E-state index is 10.4. The van der Waals surface area contributed by atoms with Crippen LogP contribution in [0.15, 0.2) is 24.3 Å². The standard InChI is InChI=1S/C10H12N2O3/c13-10-5-6-11(7-10)8-1-3-9(4-2-8)12(14)15/h1-4,10,13H,5-7H2/t10-/m0/s1. The number of benzene rings is 1. The van der Waals surface area contributed by atoms with Gasteiger partial charge in [0, 0.05) is 30.9 Å². The van der Waals surface area contributed by atoms with Crippen molar-refractivity contribution in [1.82, 2.24) is 0 Å². The van der Waals surface area contributed by atoms with Gasteiger partial charge < -0.3 is 10.0 Å².